The van der Waals surface area contributed by atoms with Gasteiger partial charge in [-0.15, -0.1) is 11.3 Å². The predicted octanol–water partition coefficient (Wildman–Crippen LogP) is 4.62. The number of aliphatic hydroxyl groups is 1. The number of hydrogen-bond donors (Lipinski definition) is 2. The van der Waals surface area contributed by atoms with E-state index >= 15 is 0 Å². The number of likely N-dealkylation sites (N-methyl/N-ethyl adjacent to an activating group) is 1. The highest BCUT2D eigenvalue weighted by atomic mass is 32.1. The van der Waals surface area contributed by atoms with Crippen LogP contribution in [0.15, 0.2) is 12.5 Å². The van der Waals surface area contributed by atoms with Crippen LogP contribution in [0.1, 0.15) is 65.7 Å². The van der Waals surface area contributed by atoms with E-state index in [1.54, 1.807) is 18.3 Å². The fourth-order valence-electron chi connectivity index (χ4n) is 6.98. The third-order valence-corrected chi connectivity index (χ3v) is 10.5. The number of aliphatic hydroxyl groups excluding tert-OH is 1. The molecule has 1 saturated carbocycles. The Morgan fingerprint density at radius 1 is 1.24 bits per heavy atom. The number of aromatic amines is 1. The van der Waals surface area contributed by atoms with E-state index in [-0.39, 0.29) is 12.5 Å². The largest absolute Gasteiger partial charge is 0.395 e. The minimum atomic E-state index is 0.00941. The second-order valence-corrected chi connectivity index (χ2v) is 12.7. The Balaban J connectivity index is 1.32. The molecule has 0 spiro atoms. The molecule has 0 radical (unpaired) electrons. The molecule has 202 valence electrons. The van der Waals surface area contributed by atoms with Crippen molar-refractivity contribution < 1.29 is 9.90 Å². The van der Waals surface area contributed by atoms with Crippen LogP contribution in [-0.2, 0) is 4.79 Å². The Labute approximate surface area is 227 Å². The first-order valence-corrected chi connectivity index (χ1v) is 14.5. The number of carbonyl (C=O) groups excluding carboxylic acids is 1. The van der Waals surface area contributed by atoms with Crippen LogP contribution in [-0.4, -0.2) is 79.7 Å². The summed E-state index contributed by atoms with van der Waals surface area (Å²) < 4.78 is 1.89. The van der Waals surface area contributed by atoms with Crippen molar-refractivity contribution in [1.82, 2.24) is 29.4 Å². The molecule has 9 heteroatoms. The number of aryl methyl sites for hydroxylation is 2. The Morgan fingerprint density at radius 3 is 2.71 bits per heavy atom. The van der Waals surface area contributed by atoms with Gasteiger partial charge in [0.05, 0.1) is 18.8 Å². The lowest BCUT2D eigenvalue weighted by atomic mass is 9.88. The Morgan fingerprint density at radius 2 is 2.03 bits per heavy atom. The number of nitrogens with zero attached hydrogens (tertiary/aromatic N) is 5. The number of likely N-dealkylation sites (tertiary alicyclic amines) is 1. The van der Waals surface area contributed by atoms with Gasteiger partial charge >= 0.3 is 0 Å². The van der Waals surface area contributed by atoms with Crippen LogP contribution in [0.3, 0.4) is 0 Å². The summed E-state index contributed by atoms with van der Waals surface area (Å²) in [5.41, 5.74) is 8.54. The van der Waals surface area contributed by atoms with Crippen molar-refractivity contribution in [2.75, 3.05) is 33.3 Å². The lowest BCUT2D eigenvalue weighted by Crippen LogP contribution is -2.43. The molecule has 2 unspecified atom stereocenters. The summed E-state index contributed by atoms with van der Waals surface area (Å²) >= 11 is 1.94. The molecule has 2 bridgehead atoms. The quantitative estimate of drug-likeness (QED) is 0.361. The lowest BCUT2D eigenvalue weighted by Gasteiger charge is -2.32. The van der Waals surface area contributed by atoms with E-state index in [1.165, 1.54) is 49.5 Å². The second kappa shape index (κ2) is 9.47. The Kier molecular flexibility index (Phi) is 6.36. The van der Waals surface area contributed by atoms with E-state index in [1.807, 2.05) is 15.9 Å². The smallest absolute Gasteiger partial charge is 0.236 e. The minimum Gasteiger partial charge on any atom is -0.395 e. The summed E-state index contributed by atoms with van der Waals surface area (Å²) in [6.07, 6.45) is 6.03. The summed E-state index contributed by atoms with van der Waals surface area (Å²) in [5, 5.41) is 15.0. The number of aromatic nitrogens is 4. The molecule has 1 aliphatic heterocycles. The number of carbonyl (C=O) groups is 1. The van der Waals surface area contributed by atoms with E-state index in [4.69, 9.17) is 5.11 Å². The number of H-pyrrole nitrogens is 1. The number of amides is 1. The van der Waals surface area contributed by atoms with E-state index in [0.717, 1.165) is 24.2 Å². The number of nitrogens with one attached hydrogen (secondary N) is 1. The van der Waals surface area contributed by atoms with Gasteiger partial charge in [0, 0.05) is 48.2 Å². The molecule has 8 nitrogen and oxygen atoms in total. The van der Waals surface area contributed by atoms with Crippen molar-refractivity contribution in [2.24, 2.45) is 5.92 Å². The molecule has 6 rings (SSSR count). The number of rotatable bonds is 7. The van der Waals surface area contributed by atoms with Crippen molar-refractivity contribution in [2.45, 2.75) is 65.3 Å². The first-order chi connectivity index (χ1) is 18.2. The van der Waals surface area contributed by atoms with Crippen LogP contribution in [0.25, 0.3) is 27.1 Å². The molecule has 4 aromatic rings. The van der Waals surface area contributed by atoms with Crippen LogP contribution in [0.5, 0.6) is 0 Å². The van der Waals surface area contributed by atoms with Crippen molar-refractivity contribution in [3.05, 3.63) is 39.7 Å². The average Bonchev–Trinajstić information content (AvgIpc) is 3.68. The maximum absolute atomic E-state index is 12.6. The van der Waals surface area contributed by atoms with Gasteiger partial charge in [0.25, 0.3) is 0 Å². The van der Waals surface area contributed by atoms with Crippen molar-refractivity contribution in [3.8, 4) is 11.3 Å². The molecular formula is C29H38N6O2S. The van der Waals surface area contributed by atoms with Gasteiger partial charge in [-0.05, 0) is 73.6 Å². The molecular weight excluding hydrogens is 496 g/mol. The van der Waals surface area contributed by atoms with Crippen molar-refractivity contribution in [3.63, 3.8) is 0 Å². The molecule has 1 amide bonds. The molecule has 2 N–H and O–H groups in total. The Hall–Kier alpha value is -2.75. The molecule has 2 fully saturated rings. The van der Waals surface area contributed by atoms with E-state index in [9.17, 15) is 4.79 Å². The summed E-state index contributed by atoms with van der Waals surface area (Å²) in [5.74, 6) is 1.64. The fourth-order valence-corrected chi connectivity index (χ4v) is 8.41. The Bertz CT molecular complexity index is 1530. The van der Waals surface area contributed by atoms with Gasteiger partial charge in [0.2, 0.25) is 5.91 Å². The van der Waals surface area contributed by atoms with Gasteiger partial charge < -0.3 is 15.0 Å². The number of fused-ring (bicyclic) bond motifs is 4. The molecule has 0 aromatic carbocycles. The minimum absolute atomic E-state index is 0.00941. The second-order valence-electron chi connectivity index (χ2n) is 11.6. The third-order valence-electron chi connectivity index (χ3n) is 9.13. The summed E-state index contributed by atoms with van der Waals surface area (Å²) in [6.45, 7) is 13.1. The monoisotopic (exact) mass is 534 g/mol. The highest BCUT2D eigenvalue weighted by Gasteiger charge is 2.46. The van der Waals surface area contributed by atoms with E-state index < -0.39 is 0 Å². The zero-order valence-corrected chi connectivity index (χ0v) is 24.0. The molecule has 38 heavy (non-hydrogen) atoms. The highest BCUT2D eigenvalue weighted by molar-refractivity contribution is 7.19. The zero-order chi connectivity index (χ0) is 26.9. The van der Waals surface area contributed by atoms with Gasteiger partial charge in [-0.1, -0.05) is 13.8 Å². The number of thiophene rings is 1. The van der Waals surface area contributed by atoms with Gasteiger partial charge in [0.1, 0.15) is 11.2 Å². The summed E-state index contributed by atoms with van der Waals surface area (Å²) in [4.78, 5) is 27.7. The average molecular weight is 535 g/mol. The SMILES string of the molecule is Cc1c(-c2[nH]c3sc([C@@H]4CC5CC4CN5CC(=O)N(C)CCO)c(C)c3c2C(C)C)cn2ncnc2c1C. The molecule has 1 aliphatic carbocycles. The zero-order valence-electron chi connectivity index (χ0n) is 23.2. The van der Waals surface area contributed by atoms with Crippen LogP contribution in [0, 0.1) is 26.7 Å². The standard InChI is InChI=1S/C29H38N6O2S/c1-15(2)24-25-18(5)27(21-10-20-9-19(21)11-34(20)13-23(37)33(6)7-8-36)38-29(25)32-26(24)22-12-35-28(30-14-31-35)17(4)16(22)3/h12,14-15,19-21,32,36H,7-11,13H2,1-6H3/t19?,20?,21-/m1/s1. The topological polar surface area (TPSA) is 89.8 Å². The highest BCUT2D eigenvalue weighted by Crippen LogP contribution is 2.53. The maximum Gasteiger partial charge on any atom is 0.236 e. The lowest BCUT2D eigenvalue weighted by molar-refractivity contribution is -0.132. The van der Waals surface area contributed by atoms with Gasteiger partial charge in [-0.2, -0.15) is 5.10 Å². The van der Waals surface area contributed by atoms with Crippen molar-refractivity contribution >= 4 is 33.1 Å². The van der Waals surface area contributed by atoms with E-state index in [2.05, 4.69) is 60.8 Å². The van der Waals surface area contributed by atoms with E-state index in [0.29, 0.717) is 36.9 Å². The molecule has 3 atom stereocenters. The number of pyridine rings is 1. The molecule has 4 aromatic heterocycles. The molecule has 2 aliphatic rings. The van der Waals surface area contributed by atoms with Gasteiger partial charge in [-0.25, -0.2) is 9.50 Å². The first kappa shape index (κ1) is 25.5. The number of hydrogen-bond acceptors (Lipinski definition) is 6. The predicted molar refractivity (Wildman–Crippen MR) is 152 cm³/mol. The van der Waals surface area contributed by atoms with Crippen LogP contribution < -0.4 is 0 Å². The van der Waals surface area contributed by atoms with Crippen LogP contribution >= 0.6 is 11.3 Å². The molecule has 5 heterocycles. The molecule has 1 saturated heterocycles. The van der Waals surface area contributed by atoms with Crippen LogP contribution in [0.4, 0.5) is 0 Å². The van der Waals surface area contributed by atoms with Crippen molar-refractivity contribution in [1.29, 1.82) is 0 Å². The number of piperidine rings is 1. The van der Waals surface area contributed by atoms with Gasteiger partial charge in [-0.3, -0.25) is 9.69 Å². The summed E-state index contributed by atoms with van der Waals surface area (Å²) in [6, 6.07) is 0.469. The first-order valence-electron chi connectivity index (χ1n) is 13.7. The third kappa shape index (κ3) is 3.89. The summed E-state index contributed by atoms with van der Waals surface area (Å²) in [7, 11) is 1.78. The maximum atomic E-state index is 12.6. The van der Waals surface area contributed by atoms with Gasteiger partial charge in [0.15, 0.2) is 5.65 Å². The van der Waals surface area contributed by atoms with Crippen LogP contribution in [0.2, 0.25) is 0 Å². The normalized spacial score (nSPS) is 21.5. The fraction of sp³-hybridized carbons (Fsp3) is 0.552.